The Kier molecular flexibility index (Phi) is 5.03. The Morgan fingerprint density at radius 2 is 1.62 bits per heavy atom. The molecule has 0 aromatic heterocycles. The SMILES string of the molecule is C=C/C=C\C1=C(C=C)OC(C(C)(C)C)C(C(C)(C)C)C1=O. The van der Waals surface area contributed by atoms with Gasteiger partial charge in [-0.1, -0.05) is 66.9 Å². The first kappa shape index (κ1) is 17.5. The third-order valence-electron chi connectivity index (χ3n) is 3.74. The topological polar surface area (TPSA) is 26.3 Å². The second-order valence-electron chi connectivity index (χ2n) is 7.69. The Hall–Kier alpha value is -1.57. The summed E-state index contributed by atoms with van der Waals surface area (Å²) in [6.45, 7) is 20.0. The van der Waals surface area contributed by atoms with Crippen LogP contribution in [0.25, 0.3) is 0 Å². The summed E-state index contributed by atoms with van der Waals surface area (Å²) < 4.78 is 6.17. The van der Waals surface area contributed by atoms with Gasteiger partial charge in [0.2, 0.25) is 0 Å². The molecule has 2 heteroatoms. The van der Waals surface area contributed by atoms with Crippen molar-refractivity contribution in [3.63, 3.8) is 0 Å². The van der Waals surface area contributed by atoms with Gasteiger partial charge < -0.3 is 4.74 Å². The standard InChI is InChI=1S/C19H28O2/c1-9-11-12-13-14(10-2)21-17(19(6,7)8)15(16(13)20)18(3,4)5/h9-12,15,17H,1-2H2,3-8H3/b12-11-. The fraction of sp³-hybridized carbons (Fsp3) is 0.526. The van der Waals surface area contributed by atoms with Gasteiger partial charge in [0.15, 0.2) is 5.78 Å². The third kappa shape index (κ3) is 3.75. The maximum absolute atomic E-state index is 13.0. The van der Waals surface area contributed by atoms with E-state index in [-0.39, 0.29) is 28.6 Å². The first-order chi connectivity index (χ1) is 9.54. The zero-order valence-corrected chi connectivity index (χ0v) is 14.2. The van der Waals surface area contributed by atoms with Gasteiger partial charge >= 0.3 is 0 Å². The summed E-state index contributed by atoms with van der Waals surface area (Å²) in [5.41, 5.74) is 0.287. The highest BCUT2D eigenvalue weighted by Gasteiger charge is 2.48. The van der Waals surface area contributed by atoms with Crippen molar-refractivity contribution in [2.45, 2.75) is 47.6 Å². The number of ketones is 1. The van der Waals surface area contributed by atoms with E-state index in [2.05, 4.69) is 54.7 Å². The smallest absolute Gasteiger partial charge is 0.173 e. The van der Waals surface area contributed by atoms with Crippen LogP contribution in [0.4, 0.5) is 0 Å². The normalized spacial score (nSPS) is 24.2. The molecule has 0 N–H and O–H groups in total. The van der Waals surface area contributed by atoms with Gasteiger partial charge in [-0.3, -0.25) is 4.79 Å². The number of rotatable bonds is 3. The van der Waals surface area contributed by atoms with Crippen molar-refractivity contribution >= 4 is 5.78 Å². The molecule has 1 aliphatic rings. The monoisotopic (exact) mass is 288 g/mol. The van der Waals surface area contributed by atoms with E-state index in [1.54, 1.807) is 24.3 Å². The van der Waals surface area contributed by atoms with E-state index in [9.17, 15) is 4.79 Å². The molecule has 1 rings (SSSR count). The van der Waals surface area contributed by atoms with E-state index in [1.807, 2.05) is 0 Å². The van der Waals surface area contributed by atoms with Crippen molar-refractivity contribution in [1.29, 1.82) is 0 Å². The van der Waals surface area contributed by atoms with Crippen LogP contribution in [0.2, 0.25) is 0 Å². The highest BCUT2D eigenvalue weighted by atomic mass is 16.5. The third-order valence-corrected chi connectivity index (χ3v) is 3.74. The first-order valence-corrected chi connectivity index (χ1v) is 7.40. The summed E-state index contributed by atoms with van der Waals surface area (Å²) in [5, 5.41) is 0. The molecule has 0 saturated carbocycles. The zero-order chi connectivity index (χ0) is 16.4. The van der Waals surface area contributed by atoms with Crippen molar-refractivity contribution in [3.8, 4) is 0 Å². The van der Waals surface area contributed by atoms with E-state index in [0.717, 1.165) is 0 Å². The minimum Gasteiger partial charge on any atom is -0.488 e. The van der Waals surface area contributed by atoms with Gasteiger partial charge in [-0.2, -0.15) is 0 Å². The van der Waals surface area contributed by atoms with E-state index >= 15 is 0 Å². The fourth-order valence-corrected chi connectivity index (χ4v) is 2.71. The molecule has 0 amide bonds. The van der Waals surface area contributed by atoms with E-state index in [4.69, 9.17) is 4.74 Å². The quantitative estimate of drug-likeness (QED) is 0.694. The lowest BCUT2D eigenvalue weighted by molar-refractivity contribution is -0.137. The number of carbonyl (C=O) groups is 1. The molecule has 2 atom stereocenters. The van der Waals surface area contributed by atoms with Crippen molar-refractivity contribution in [3.05, 3.63) is 48.8 Å². The summed E-state index contributed by atoms with van der Waals surface area (Å²) in [6, 6.07) is 0. The average molecular weight is 288 g/mol. The molecule has 0 bridgehead atoms. The second-order valence-corrected chi connectivity index (χ2v) is 7.69. The molecule has 116 valence electrons. The summed E-state index contributed by atoms with van der Waals surface area (Å²) >= 11 is 0. The van der Waals surface area contributed by atoms with Crippen LogP contribution in [0.1, 0.15) is 41.5 Å². The van der Waals surface area contributed by atoms with Crippen molar-refractivity contribution in [2.24, 2.45) is 16.7 Å². The molecule has 0 aliphatic carbocycles. The minimum absolute atomic E-state index is 0.127. The highest BCUT2D eigenvalue weighted by Crippen LogP contribution is 2.44. The summed E-state index contributed by atoms with van der Waals surface area (Å²) in [5.74, 6) is 0.505. The number of ether oxygens (including phenoxy) is 1. The minimum atomic E-state index is -0.189. The van der Waals surface area contributed by atoms with Crippen LogP contribution in [0.3, 0.4) is 0 Å². The van der Waals surface area contributed by atoms with Gasteiger partial charge in [-0.15, -0.1) is 0 Å². The fourth-order valence-electron chi connectivity index (χ4n) is 2.71. The number of hydrogen-bond acceptors (Lipinski definition) is 2. The number of carbonyl (C=O) groups excluding carboxylic acids is 1. The van der Waals surface area contributed by atoms with E-state index in [0.29, 0.717) is 11.3 Å². The maximum Gasteiger partial charge on any atom is 0.173 e. The van der Waals surface area contributed by atoms with Gasteiger partial charge in [-0.25, -0.2) is 0 Å². The average Bonchev–Trinajstić information content (AvgIpc) is 2.33. The first-order valence-electron chi connectivity index (χ1n) is 7.40. The summed E-state index contributed by atoms with van der Waals surface area (Å²) in [6.07, 6.45) is 6.64. The van der Waals surface area contributed by atoms with Gasteiger partial charge in [0, 0.05) is 0 Å². The van der Waals surface area contributed by atoms with Gasteiger partial charge in [-0.05, 0) is 23.0 Å². The maximum atomic E-state index is 13.0. The molecule has 1 aliphatic heterocycles. The Morgan fingerprint density at radius 3 is 2.00 bits per heavy atom. The zero-order valence-electron chi connectivity index (χ0n) is 14.2. The Bertz CT molecular complexity index is 493. The molecule has 2 unspecified atom stereocenters. The molecule has 21 heavy (non-hydrogen) atoms. The summed E-state index contributed by atoms with van der Waals surface area (Å²) in [7, 11) is 0. The number of Topliss-reactive ketones (excluding diaryl/α,β-unsaturated/α-hetero) is 1. The van der Waals surface area contributed by atoms with Gasteiger partial charge in [0.1, 0.15) is 11.9 Å². The van der Waals surface area contributed by atoms with E-state index < -0.39 is 0 Å². The predicted molar refractivity (Wildman–Crippen MR) is 88.8 cm³/mol. The van der Waals surface area contributed by atoms with Gasteiger partial charge in [0.25, 0.3) is 0 Å². The van der Waals surface area contributed by atoms with Crippen LogP contribution in [-0.2, 0) is 9.53 Å². The van der Waals surface area contributed by atoms with Crippen LogP contribution in [0.15, 0.2) is 48.8 Å². The Balaban J connectivity index is 3.46. The van der Waals surface area contributed by atoms with Crippen LogP contribution in [0.5, 0.6) is 0 Å². The molecule has 2 nitrogen and oxygen atoms in total. The molecule has 0 spiro atoms. The largest absolute Gasteiger partial charge is 0.488 e. The molecule has 0 radical (unpaired) electrons. The van der Waals surface area contributed by atoms with Crippen molar-refractivity contribution in [1.82, 2.24) is 0 Å². The van der Waals surface area contributed by atoms with Crippen LogP contribution < -0.4 is 0 Å². The number of allylic oxidation sites excluding steroid dienone is 5. The molecular weight excluding hydrogens is 260 g/mol. The number of hydrogen-bond donors (Lipinski definition) is 0. The highest BCUT2D eigenvalue weighted by molar-refractivity contribution is 6.02. The lowest BCUT2D eigenvalue weighted by atomic mass is 9.65. The molecule has 0 fully saturated rings. The molecule has 0 aromatic carbocycles. The molecular formula is C19H28O2. The molecule has 0 aromatic rings. The predicted octanol–water partition coefficient (Wildman–Crippen LogP) is 4.85. The lowest BCUT2D eigenvalue weighted by Crippen LogP contribution is -2.49. The Morgan fingerprint density at radius 1 is 1.05 bits per heavy atom. The van der Waals surface area contributed by atoms with Crippen LogP contribution >= 0.6 is 0 Å². The van der Waals surface area contributed by atoms with Gasteiger partial charge in [0.05, 0.1) is 11.5 Å². The molecule has 1 heterocycles. The van der Waals surface area contributed by atoms with Crippen molar-refractivity contribution < 1.29 is 9.53 Å². The van der Waals surface area contributed by atoms with E-state index in [1.165, 1.54) is 0 Å². The molecule has 0 saturated heterocycles. The second kappa shape index (κ2) is 6.05. The Labute approximate surface area is 129 Å². The lowest BCUT2D eigenvalue weighted by Gasteiger charge is -2.45. The van der Waals surface area contributed by atoms with Crippen LogP contribution in [-0.4, -0.2) is 11.9 Å². The summed E-state index contributed by atoms with van der Waals surface area (Å²) in [4.78, 5) is 13.0. The van der Waals surface area contributed by atoms with Crippen LogP contribution in [0, 0.1) is 16.7 Å². The van der Waals surface area contributed by atoms with Crippen molar-refractivity contribution in [2.75, 3.05) is 0 Å².